The van der Waals surface area contributed by atoms with E-state index < -0.39 is 58.2 Å². The molecule has 2 fully saturated rings. The van der Waals surface area contributed by atoms with E-state index in [1.807, 2.05) is 60.7 Å². The van der Waals surface area contributed by atoms with Crippen molar-refractivity contribution in [2.24, 2.45) is 5.16 Å². The van der Waals surface area contributed by atoms with Gasteiger partial charge in [0.1, 0.15) is 17.3 Å². The molecular weight excluding hydrogens is 618 g/mol. The number of β-lactam (4-membered cyclic amide) rings is 1. The fraction of sp³-hybridized carbons (Fsp3) is 0.296. The van der Waals surface area contributed by atoms with Crippen LogP contribution in [0.15, 0.2) is 71.2 Å². The first-order valence-electron chi connectivity index (χ1n) is 13.2. The third kappa shape index (κ3) is 6.87. The predicted molar refractivity (Wildman–Crippen MR) is 154 cm³/mol. The van der Waals surface area contributed by atoms with E-state index in [-0.39, 0.29) is 36.9 Å². The van der Waals surface area contributed by atoms with E-state index in [0.29, 0.717) is 5.06 Å². The number of hydroxylamine groups is 2. The quantitative estimate of drug-likeness (QED) is 0.0888. The summed E-state index contributed by atoms with van der Waals surface area (Å²) in [5.74, 6) is -2.63. The minimum atomic E-state index is -5.02. The van der Waals surface area contributed by atoms with E-state index in [2.05, 4.69) is 19.7 Å². The fourth-order valence-electron chi connectivity index (χ4n) is 4.94. The lowest BCUT2D eigenvalue weighted by Gasteiger charge is -2.56. The number of nitrogens with zero attached hydrogens (tertiary/aromatic N) is 3. The van der Waals surface area contributed by atoms with Gasteiger partial charge in [0.15, 0.2) is 16.9 Å². The molecule has 4 N–H and O–H groups in total. The number of hydrogen-bond acceptors (Lipinski definition) is 13. The monoisotopic (exact) mass is 645 g/mol. The fourth-order valence-corrected chi connectivity index (χ4v) is 5.89. The number of carbonyl (C=O) groups is 3. The molecule has 15 nitrogen and oxygen atoms in total. The van der Waals surface area contributed by atoms with Crippen LogP contribution < -0.4 is 11.1 Å². The Hall–Kier alpha value is -4.42. The van der Waals surface area contributed by atoms with Crippen molar-refractivity contribution in [1.29, 1.82) is 0 Å². The number of anilines is 1. The third-order valence-electron chi connectivity index (χ3n) is 6.96. The number of benzene rings is 2. The second-order valence-electron chi connectivity index (χ2n) is 9.73. The van der Waals surface area contributed by atoms with E-state index >= 15 is 0 Å². The van der Waals surface area contributed by atoms with E-state index in [9.17, 15) is 22.8 Å². The van der Waals surface area contributed by atoms with Crippen molar-refractivity contribution < 1.29 is 45.9 Å². The smallest absolute Gasteiger partial charge is 0.418 e. The maximum atomic E-state index is 13.4. The zero-order valence-electron chi connectivity index (χ0n) is 22.9. The molecule has 17 heteroatoms. The summed E-state index contributed by atoms with van der Waals surface area (Å²) in [5.41, 5.74) is 5.48. The number of carbonyl (C=O) groups excluding carboxylic acids is 3. The molecule has 3 heterocycles. The number of ether oxygens (including phenoxy) is 2. The van der Waals surface area contributed by atoms with Gasteiger partial charge in [0, 0.05) is 18.6 Å². The average Bonchev–Trinajstić information content (AvgIpc) is 3.45. The molecule has 2 amide bonds. The zero-order chi connectivity index (χ0) is 31.3. The Balaban J connectivity index is 1.31. The van der Waals surface area contributed by atoms with Crippen LogP contribution in [0.3, 0.4) is 0 Å². The molecule has 2 saturated heterocycles. The summed E-state index contributed by atoms with van der Waals surface area (Å²) in [6, 6.07) is 16.9. The molecule has 0 saturated carbocycles. The Labute approximate surface area is 255 Å². The van der Waals surface area contributed by atoms with Crippen molar-refractivity contribution in [3.63, 3.8) is 0 Å². The lowest BCUT2D eigenvalue weighted by Crippen LogP contribution is -2.80. The zero-order valence-corrected chi connectivity index (χ0v) is 24.5. The molecule has 1 spiro atoms. The van der Waals surface area contributed by atoms with Crippen LogP contribution in [0.5, 0.6) is 0 Å². The van der Waals surface area contributed by atoms with Gasteiger partial charge in [0.05, 0.1) is 0 Å². The van der Waals surface area contributed by atoms with Crippen LogP contribution in [-0.4, -0.2) is 77.9 Å². The third-order valence-corrected chi connectivity index (χ3v) is 7.97. The maximum Gasteiger partial charge on any atom is 0.418 e. The number of thiazole rings is 1. The van der Waals surface area contributed by atoms with Gasteiger partial charge >= 0.3 is 16.4 Å². The highest BCUT2D eigenvalue weighted by atomic mass is 32.3. The van der Waals surface area contributed by atoms with E-state index in [4.69, 9.17) is 24.6 Å². The van der Waals surface area contributed by atoms with Gasteiger partial charge in [-0.3, -0.25) is 14.1 Å². The van der Waals surface area contributed by atoms with Crippen molar-refractivity contribution in [1.82, 2.24) is 15.4 Å². The van der Waals surface area contributed by atoms with Gasteiger partial charge in [-0.15, -0.1) is 15.6 Å². The number of nitrogen functional groups attached to an aromatic ring is 1. The minimum Gasteiger partial charge on any atom is -0.450 e. The topological polar surface area (TPSA) is 209 Å². The Kier molecular flexibility index (Phi) is 9.21. The number of aromatic nitrogens is 1. The number of hydrogen-bond donors (Lipinski definition) is 3. The molecule has 232 valence electrons. The molecule has 0 radical (unpaired) electrons. The van der Waals surface area contributed by atoms with Crippen LogP contribution in [0.25, 0.3) is 0 Å². The normalized spacial score (nSPS) is 18.1. The van der Waals surface area contributed by atoms with Gasteiger partial charge in [-0.1, -0.05) is 65.8 Å². The molecule has 0 aliphatic carbocycles. The SMILES string of the molecule is Nc1nc(C(=NOCC(=O)OC(c2ccccc2)c2ccccc2)C(=O)NC2C(=O)N(OS(=O)(=O)O)C23CCOCC3)cs1. The Morgan fingerprint density at radius 1 is 1.14 bits per heavy atom. The lowest BCUT2D eigenvalue weighted by molar-refractivity contribution is -0.240. The van der Waals surface area contributed by atoms with Crippen LogP contribution in [0.4, 0.5) is 5.13 Å². The Morgan fingerprint density at radius 2 is 1.75 bits per heavy atom. The number of rotatable bonds is 11. The van der Waals surface area contributed by atoms with E-state index in [0.717, 1.165) is 22.5 Å². The minimum absolute atomic E-state index is 0.00339. The second kappa shape index (κ2) is 13.1. The maximum absolute atomic E-state index is 13.4. The number of oxime groups is 1. The van der Waals surface area contributed by atoms with E-state index in [1.54, 1.807) is 0 Å². The summed E-state index contributed by atoms with van der Waals surface area (Å²) < 4.78 is 47.4. The van der Waals surface area contributed by atoms with Gasteiger partial charge in [0.2, 0.25) is 6.61 Å². The number of amides is 2. The summed E-state index contributed by atoms with van der Waals surface area (Å²) in [6.07, 6.45) is -0.532. The highest BCUT2D eigenvalue weighted by molar-refractivity contribution is 7.80. The van der Waals surface area contributed by atoms with Gasteiger partial charge in [-0.05, 0) is 24.0 Å². The van der Waals surface area contributed by atoms with Crippen molar-refractivity contribution in [3.05, 3.63) is 82.9 Å². The molecular formula is C27H27N5O10S2. The molecule has 2 aliphatic heterocycles. The Bertz CT molecular complexity index is 1600. The average molecular weight is 646 g/mol. The van der Waals surface area contributed by atoms with Crippen LogP contribution in [0.2, 0.25) is 0 Å². The summed E-state index contributed by atoms with van der Waals surface area (Å²) in [5, 5.41) is 8.41. The van der Waals surface area contributed by atoms with Crippen LogP contribution in [-0.2, 0) is 43.4 Å². The standard InChI is InChI=1S/C27H27N5O10S2/c28-26-29-19(16-43-26)21(24(34)30-23-25(35)32(42-44(36,37)38)27(23)11-13-39-14-12-27)31-40-15-20(33)41-22(17-7-3-1-4-8-17)18-9-5-2-6-10-18/h1-10,16,22-23H,11-15H2,(H2,28,29)(H,30,34)(H,36,37,38). The molecule has 2 aromatic carbocycles. The van der Waals surface area contributed by atoms with Crippen LogP contribution >= 0.6 is 11.3 Å². The van der Waals surface area contributed by atoms with Gasteiger partial charge < -0.3 is 25.4 Å². The molecule has 3 aromatic rings. The number of esters is 1. The predicted octanol–water partition coefficient (Wildman–Crippen LogP) is 1.39. The van der Waals surface area contributed by atoms with Crippen molar-refractivity contribution in [3.8, 4) is 0 Å². The summed E-state index contributed by atoms with van der Waals surface area (Å²) in [7, 11) is -5.02. The summed E-state index contributed by atoms with van der Waals surface area (Å²) in [4.78, 5) is 48.4. The summed E-state index contributed by atoms with van der Waals surface area (Å²) in [6.45, 7) is -0.411. The highest BCUT2D eigenvalue weighted by Gasteiger charge is 2.64. The van der Waals surface area contributed by atoms with Gasteiger partial charge in [0.25, 0.3) is 11.8 Å². The number of nitrogens with one attached hydrogen (secondary N) is 1. The first-order valence-corrected chi connectivity index (χ1v) is 15.4. The lowest BCUT2D eigenvalue weighted by atomic mass is 9.74. The highest BCUT2D eigenvalue weighted by Crippen LogP contribution is 2.41. The van der Waals surface area contributed by atoms with Crippen molar-refractivity contribution >= 4 is 50.4 Å². The molecule has 0 bridgehead atoms. The van der Waals surface area contributed by atoms with Crippen molar-refractivity contribution in [2.75, 3.05) is 25.6 Å². The van der Waals surface area contributed by atoms with E-state index in [1.165, 1.54) is 5.38 Å². The summed E-state index contributed by atoms with van der Waals surface area (Å²) >= 11 is 1.01. The first-order chi connectivity index (χ1) is 21.1. The number of nitrogens with two attached hydrogens (primary N) is 1. The van der Waals surface area contributed by atoms with Gasteiger partial charge in [-0.2, -0.15) is 13.5 Å². The van der Waals surface area contributed by atoms with Crippen molar-refractivity contribution in [2.45, 2.75) is 30.5 Å². The first kappa shape index (κ1) is 31.0. The van der Waals surface area contributed by atoms with Gasteiger partial charge in [-0.25, -0.2) is 9.78 Å². The molecule has 1 unspecified atom stereocenters. The second-order valence-corrected chi connectivity index (χ2v) is 11.6. The molecule has 2 aliphatic rings. The molecule has 5 rings (SSSR count). The molecule has 44 heavy (non-hydrogen) atoms. The van der Waals surface area contributed by atoms with Crippen LogP contribution in [0, 0.1) is 0 Å². The Morgan fingerprint density at radius 3 is 2.30 bits per heavy atom. The molecule has 1 atom stereocenters. The molecule has 1 aromatic heterocycles. The largest absolute Gasteiger partial charge is 0.450 e. The van der Waals surface area contributed by atoms with Crippen LogP contribution in [0.1, 0.15) is 35.8 Å².